The SMILES string of the molecule is CC(C)c1nc(C(=O)N2CCOC3(CCNCC3)C2)cs1.Cl.Cl. The van der Waals surface area contributed by atoms with Crippen molar-refractivity contribution in [1.29, 1.82) is 0 Å². The maximum absolute atomic E-state index is 12.7. The number of rotatable bonds is 2. The Kier molecular flexibility index (Phi) is 7.74. The van der Waals surface area contributed by atoms with Crippen molar-refractivity contribution in [1.82, 2.24) is 15.2 Å². The molecular weight excluding hydrogens is 357 g/mol. The fourth-order valence-corrected chi connectivity index (χ4v) is 3.83. The number of ether oxygens (including phenoxy) is 1. The van der Waals surface area contributed by atoms with Gasteiger partial charge in [-0.05, 0) is 25.9 Å². The van der Waals surface area contributed by atoms with E-state index in [1.165, 1.54) is 0 Å². The average Bonchev–Trinajstić information content (AvgIpc) is 2.97. The molecule has 3 heterocycles. The molecule has 3 rings (SSSR count). The minimum Gasteiger partial charge on any atom is -0.371 e. The lowest BCUT2D eigenvalue weighted by Gasteiger charge is -2.44. The molecule has 2 aliphatic rings. The molecule has 2 fully saturated rings. The number of hydrogen-bond donors (Lipinski definition) is 1. The highest BCUT2D eigenvalue weighted by atomic mass is 35.5. The Morgan fingerprint density at radius 2 is 2.09 bits per heavy atom. The smallest absolute Gasteiger partial charge is 0.273 e. The normalized spacial score (nSPS) is 20.0. The standard InChI is InChI=1S/C15H23N3O2S.2ClH/c1-11(2)13-17-12(9-21-13)14(19)18-7-8-20-15(10-18)3-5-16-6-4-15;;/h9,11,16H,3-8,10H2,1-2H3;2*1H. The Morgan fingerprint density at radius 1 is 1.39 bits per heavy atom. The molecule has 1 aromatic rings. The molecular formula is C15H25Cl2N3O2S. The van der Waals surface area contributed by atoms with Crippen molar-refractivity contribution < 1.29 is 9.53 Å². The molecule has 2 saturated heterocycles. The summed E-state index contributed by atoms with van der Waals surface area (Å²) < 4.78 is 6.01. The summed E-state index contributed by atoms with van der Waals surface area (Å²) in [5.41, 5.74) is 0.450. The number of halogens is 2. The van der Waals surface area contributed by atoms with Crippen LogP contribution in [-0.2, 0) is 4.74 Å². The topological polar surface area (TPSA) is 54.5 Å². The second kappa shape index (κ2) is 8.62. The highest BCUT2D eigenvalue weighted by Gasteiger charge is 2.39. The zero-order valence-electron chi connectivity index (χ0n) is 13.5. The van der Waals surface area contributed by atoms with Crippen molar-refractivity contribution in [3.63, 3.8) is 0 Å². The number of piperidine rings is 1. The first-order valence-electron chi connectivity index (χ1n) is 7.69. The van der Waals surface area contributed by atoms with Gasteiger partial charge < -0.3 is 15.0 Å². The van der Waals surface area contributed by atoms with Crippen LogP contribution in [0.15, 0.2) is 5.38 Å². The molecule has 8 heteroatoms. The fourth-order valence-electron chi connectivity index (χ4n) is 3.02. The lowest BCUT2D eigenvalue weighted by atomic mass is 9.90. The van der Waals surface area contributed by atoms with Crippen LogP contribution in [0.5, 0.6) is 0 Å². The summed E-state index contributed by atoms with van der Waals surface area (Å²) in [5, 5.41) is 6.28. The lowest BCUT2D eigenvalue weighted by molar-refractivity contribution is -0.114. The Hall–Kier alpha value is -0.400. The summed E-state index contributed by atoms with van der Waals surface area (Å²) in [5.74, 6) is 0.427. The Morgan fingerprint density at radius 3 is 2.70 bits per heavy atom. The van der Waals surface area contributed by atoms with E-state index < -0.39 is 0 Å². The monoisotopic (exact) mass is 381 g/mol. The minimum absolute atomic E-state index is 0. The molecule has 1 spiro atoms. The van der Waals surface area contributed by atoms with Crippen LogP contribution in [0, 0.1) is 0 Å². The van der Waals surface area contributed by atoms with Crippen molar-refractivity contribution in [2.24, 2.45) is 0 Å². The van der Waals surface area contributed by atoms with Gasteiger partial charge >= 0.3 is 0 Å². The van der Waals surface area contributed by atoms with Gasteiger partial charge in [-0.25, -0.2) is 4.98 Å². The number of aromatic nitrogens is 1. The Balaban J connectivity index is 0.00000132. The van der Waals surface area contributed by atoms with Gasteiger partial charge in [-0.1, -0.05) is 13.8 Å². The molecule has 0 saturated carbocycles. The quantitative estimate of drug-likeness (QED) is 0.855. The average molecular weight is 382 g/mol. The molecule has 132 valence electrons. The molecule has 1 N–H and O–H groups in total. The molecule has 2 aliphatic heterocycles. The summed E-state index contributed by atoms with van der Waals surface area (Å²) in [7, 11) is 0. The molecule has 1 aromatic heterocycles. The van der Waals surface area contributed by atoms with Crippen LogP contribution in [0.4, 0.5) is 0 Å². The van der Waals surface area contributed by atoms with E-state index in [0.29, 0.717) is 31.3 Å². The number of carbonyl (C=O) groups excluding carboxylic acids is 1. The van der Waals surface area contributed by atoms with Gasteiger partial charge in [-0.15, -0.1) is 36.2 Å². The van der Waals surface area contributed by atoms with Gasteiger partial charge in [0.2, 0.25) is 0 Å². The number of nitrogens with zero attached hydrogens (tertiary/aromatic N) is 2. The van der Waals surface area contributed by atoms with E-state index >= 15 is 0 Å². The number of amides is 1. The van der Waals surface area contributed by atoms with Crippen molar-refractivity contribution in [3.8, 4) is 0 Å². The van der Waals surface area contributed by atoms with Crippen molar-refractivity contribution in [2.45, 2.75) is 38.2 Å². The summed E-state index contributed by atoms with van der Waals surface area (Å²) in [4.78, 5) is 19.1. The molecule has 0 aromatic carbocycles. The third-order valence-corrected chi connectivity index (χ3v) is 5.43. The van der Waals surface area contributed by atoms with Crippen molar-refractivity contribution in [3.05, 3.63) is 16.1 Å². The van der Waals surface area contributed by atoms with Crippen molar-refractivity contribution in [2.75, 3.05) is 32.8 Å². The maximum Gasteiger partial charge on any atom is 0.273 e. The maximum atomic E-state index is 12.7. The fraction of sp³-hybridized carbons (Fsp3) is 0.733. The van der Waals surface area contributed by atoms with E-state index in [4.69, 9.17) is 4.74 Å². The van der Waals surface area contributed by atoms with Crippen LogP contribution in [0.25, 0.3) is 0 Å². The highest BCUT2D eigenvalue weighted by molar-refractivity contribution is 7.09. The lowest BCUT2D eigenvalue weighted by Crippen LogP contribution is -2.57. The van der Waals surface area contributed by atoms with Crippen LogP contribution in [0.1, 0.15) is 48.1 Å². The van der Waals surface area contributed by atoms with Crippen LogP contribution < -0.4 is 5.32 Å². The second-order valence-electron chi connectivity index (χ2n) is 6.23. The van der Waals surface area contributed by atoms with Gasteiger partial charge in [-0.3, -0.25) is 4.79 Å². The van der Waals surface area contributed by atoms with Crippen LogP contribution >= 0.6 is 36.2 Å². The molecule has 0 atom stereocenters. The van der Waals surface area contributed by atoms with Crippen LogP contribution in [0.3, 0.4) is 0 Å². The third kappa shape index (κ3) is 4.57. The summed E-state index contributed by atoms with van der Waals surface area (Å²) in [6.45, 7) is 8.14. The predicted octanol–water partition coefficient (Wildman–Crippen LogP) is 2.70. The van der Waals surface area contributed by atoms with E-state index in [9.17, 15) is 4.79 Å². The Bertz CT molecular complexity index is 513. The first-order valence-corrected chi connectivity index (χ1v) is 8.57. The van der Waals surface area contributed by atoms with Crippen LogP contribution in [0.2, 0.25) is 0 Å². The molecule has 23 heavy (non-hydrogen) atoms. The molecule has 5 nitrogen and oxygen atoms in total. The third-order valence-electron chi connectivity index (χ3n) is 4.29. The minimum atomic E-state index is -0.143. The summed E-state index contributed by atoms with van der Waals surface area (Å²) in [6.07, 6.45) is 1.95. The predicted molar refractivity (Wildman–Crippen MR) is 97.4 cm³/mol. The van der Waals surface area contributed by atoms with E-state index in [1.54, 1.807) is 11.3 Å². The first-order chi connectivity index (χ1) is 10.1. The van der Waals surface area contributed by atoms with Crippen molar-refractivity contribution >= 4 is 42.1 Å². The number of nitrogens with one attached hydrogen (secondary N) is 1. The highest BCUT2D eigenvalue weighted by Crippen LogP contribution is 2.28. The van der Waals surface area contributed by atoms with Gasteiger partial charge in [0, 0.05) is 17.8 Å². The number of hydrogen-bond acceptors (Lipinski definition) is 5. The second-order valence-corrected chi connectivity index (χ2v) is 7.12. The van der Waals surface area contributed by atoms with Gasteiger partial charge in [-0.2, -0.15) is 0 Å². The van der Waals surface area contributed by atoms with E-state index in [2.05, 4.69) is 24.1 Å². The van der Waals surface area contributed by atoms with Gasteiger partial charge in [0.25, 0.3) is 5.91 Å². The van der Waals surface area contributed by atoms with Gasteiger partial charge in [0.15, 0.2) is 0 Å². The zero-order chi connectivity index (χ0) is 14.9. The number of carbonyl (C=O) groups is 1. The molecule has 0 radical (unpaired) electrons. The van der Waals surface area contributed by atoms with E-state index in [-0.39, 0.29) is 36.3 Å². The zero-order valence-corrected chi connectivity index (χ0v) is 16.0. The van der Waals surface area contributed by atoms with E-state index in [0.717, 1.165) is 30.9 Å². The van der Waals surface area contributed by atoms with Gasteiger partial charge in [0.1, 0.15) is 5.69 Å². The number of thiazole rings is 1. The molecule has 0 bridgehead atoms. The van der Waals surface area contributed by atoms with Gasteiger partial charge in [0.05, 0.1) is 23.8 Å². The summed E-state index contributed by atoms with van der Waals surface area (Å²) >= 11 is 1.58. The number of morpholine rings is 1. The largest absolute Gasteiger partial charge is 0.371 e. The van der Waals surface area contributed by atoms with E-state index in [1.807, 2.05) is 10.3 Å². The first kappa shape index (κ1) is 20.6. The molecule has 0 unspecified atom stereocenters. The Labute approximate surface area is 154 Å². The molecule has 0 aliphatic carbocycles. The molecule has 1 amide bonds. The van der Waals surface area contributed by atoms with Crippen LogP contribution in [-0.4, -0.2) is 54.2 Å². The summed E-state index contributed by atoms with van der Waals surface area (Å²) in [6, 6.07) is 0.